The average Bonchev–Trinajstić information content (AvgIpc) is 2.84. The second-order valence-corrected chi connectivity index (χ2v) is 4.49. The number of carbonyl (C=O) groups excluding carboxylic acids is 1. The van der Waals surface area contributed by atoms with Crippen molar-refractivity contribution in [2.24, 2.45) is 0 Å². The summed E-state index contributed by atoms with van der Waals surface area (Å²) in [5.41, 5.74) is 0. The van der Waals surface area contributed by atoms with Gasteiger partial charge >= 0.3 is 0 Å². The zero-order valence-electron chi connectivity index (χ0n) is 10.7. The Kier molecular flexibility index (Phi) is 6.89. The minimum atomic E-state index is -0.179. The molecule has 1 aliphatic carbocycles. The molecule has 1 fully saturated rings. The molecule has 0 bridgehead atoms. The predicted octanol–water partition coefficient (Wildman–Crippen LogP) is 1.23. The van der Waals surface area contributed by atoms with Crippen molar-refractivity contribution in [2.45, 2.75) is 44.8 Å². The third kappa shape index (κ3) is 5.84. The van der Waals surface area contributed by atoms with Crippen LogP contribution >= 0.6 is 0 Å². The molecule has 0 aromatic carbocycles. The van der Waals surface area contributed by atoms with Crippen molar-refractivity contribution < 1.29 is 9.53 Å². The lowest BCUT2D eigenvalue weighted by Crippen LogP contribution is -2.43. The monoisotopic (exact) mass is 240 g/mol. The van der Waals surface area contributed by atoms with Crippen LogP contribution in [0.15, 0.2) is 12.7 Å². The van der Waals surface area contributed by atoms with Gasteiger partial charge in [-0.25, -0.2) is 0 Å². The molecule has 0 spiro atoms. The quantitative estimate of drug-likeness (QED) is 0.495. The molecule has 17 heavy (non-hydrogen) atoms. The molecular formula is C13H24N2O2. The largest absolute Gasteiger partial charge is 0.377 e. The third-order valence-corrected chi connectivity index (χ3v) is 3.02. The first-order valence-corrected chi connectivity index (χ1v) is 6.47. The van der Waals surface area contributed by atoms with Gasteiger partial charge in [0.25, 0.3) is 0 Å². The Labute approximate surface area is 104 Å². The molecule has 98 valence electrons. The molecule has 0 saturated heterocycles. The van der Waals surface area contributed by atoms with E-state index in [1.165, 1.54) is 25.7 Å². The van der Waals surface area contributed by atoms with Crippen LogP contribution in [0.5, 0.6) is 0 Å². The van der Waals surface area contributed by atoms with Gasteiger partial charge in [-0.1, -0.05) is 18.9 Å². The molecule has 4 heteroatoms. The van der Waals surface area contributed by atoms with Gasteiger partial charge < -0.3 is 15.4 Å². The number of amides is 1. The molecule has 1 aliphatic rings. The van der Waals surface area contributed by atoms with Crippen LogP contribution < -0.4 is 10.6 Å². The fourth-order valence-electron chi connectivity index (χ4n) is 1.97. The van der Waals surface area contributed by atoms with Crippen LogP contribution in [0.25, 0.3) is 0 Å². The highest BCUT2D eigenvalue weighted by Crippen LogP contribution is 2.20. The van der Waals surface area contributed by atoms with Crippen molar-refractivity contribution in [1.82, 2.24) is 10.6 Å². The maximum atomic E-state index is 11.5. The van der Waals surface area contributed by atoms with E-state index in [-0.39, 0.29) is 11.9 Å². The second kappa shape index (κ2) is 8.25. The zero-order valence-corrected chi connectivity index (χ0v) is 10.7. The van der Waals surface area contributed by atoms with E-state index in [2.05, 4.69) is 17.2 Å². The first kappa shape index (κ1) is 14.2. The maximum absolute atomic E-state index is 11.5. The van der Waals surface area contributed by atoms with Crippen LogP contribution in [-0.4, -0.2) is 37.7 Å². The Morgan fingerprint density at radius 2 is 2.24 bits per heavy atom. The predicted molar refractivity (Wildman–Crippen MR) is 68.9 cm³/mol. The first-order valence-electron chi connectivity index (χ1n) is 6.47. The van der Waals surface area contributed by atoms with Crippen molar-refractivity contribution in [3.63, 3.8) is 0 Å². The average molecular weight is 240 g/mol. The molecule has 1 atom stereocenters. The van der Waals surface area contributed by atoms with Crippen LogP contribution in [-0.2, 0) is 9.53 Å². The Hall–Kier alpha value is -0.870. The Morgan fingerprint density at radius 3 is 2.88 bits per heavy atom. The van der Waals surface area contributed by atoms with E-state index in [1.807, 2.05) is 6.92 Å². The summed E-state index contributed by atoms with van der Waals surface area (Å²) in [5.74, 6) is 0.00534. The van der Waals surface area contributed by atoms with Crippen LogP contribution in [0, 0.1) is 0 Å². The van der Waals surface area contributed by atoms with Gasteiger partial charge in [-0.05, 0) is 19.8 Å². The third-order valence-electron chi connectivity index (χ3n) is 3.02. The number of ether oxygens (including phenoxy) is 1. The smallest absolute Gasteiger partial charge is 0.237 e. The van der Waals surface area contributed by atoms with Gasteiger partial charge in [-0.3, -0.25) is 4.79 Å². The normalized spacial score (nSPS) is 17.9. The maximum Gasteiger partial charge on any atom is 0.237 e. The lowest BCUT2D eigenvalue weighted by Gasteiger charge is -2.15. The summed E-state index contributed by atoms with van der Waals surface area (Å²) in [6.07, 6.45) is 7.08. The van der Waals surface area contributed by atoms with Crippen LogP contribution in [0.1, 0.15) is 32.6 Å². The second-order valence-electron chi connectivity index (χ2n) is 4.49. The summed E-state index contributed by atoms with van der Waals surface area (Å²) in [4.78, 5) is 11.5. The Morgan fingerprint density at radius 1 is 1.53 bits per heavy atom. The highest BCUT2D eigenvalue weighted by atomic mass is 16.5. The number of nitrogens with one attached hydrogen (secondary N) is 2. The van der Waals surface area contributed by atoms with Crippen molar-refractivity contribution in [2.75, 3.05) is 19.7 Å². The Bertz CT molecular complexity index is 238. The molecule has 1 saturated carbocycles. The molecule has 0 aromatic rings. The zero-order chi connectivity index (χ0) is 12.5. The topological polar surface area (TPSA) is 50.4 Å². The van der Waals surface area contributed by atoms with E-state index in [0.717, 1.165) is 6.54 Å². The summed E-state index contributed by atoms with van der Waals surface area (Å²) in [7, 11) is 0. The van der Waals surface area contributed by atoms with Crippen molar-refractivity contribution in [1.29, 1.82) is 0 Å². The molecule has 2 N–H and O–H groups in total. The van der Waals surface area contributed by atoms with E-state index < -0.39 is 0 Å². The van der Waals surface area contributed by atoms with Crippen LogP contribution in [0.4, 0.5) is 0 Å². The van der Waals surface area contributed by atoms with Gasteiger partial charge in [-0.2, -0.15) is 0 Å². The molecule has 1 unspecified atom stereocenters. The number of hydrogen-bond acceptors (Lipinski definition) is 3. The van der Waals surface area contributed by atoms with E-state index in [9.17, 15) is 4.79 Å². The minimum Gasteiger partial charge on any atom is -0.377 e. The molecule has 0 radical (unpaired) electrons. The minimum absolute atomic E-state index is 0.00534. The van der Waals surface area contributed by atoms with Gasteiger partial charge in [0.1, 0.15) is 0 Å². The van der Waals surface area contributed by atoms with Crippen molar-refractivity contribution in [3.05, 3.63) is 12.7 Å². The first-order chi connectivity index (χ1) is 8.24. The summed E-state index contributed by atoms with van der Waals surface area (Å²) < 4.78 is 5.70. The van der Waals surface area contributed by atoms with E-state index in [0.29, 0.717) is 19.3 Å². The molecule has 0 aliphatic heterocycles. The van der Waals surface area contributed by atoms with E-state index >= 15 is 0 Å². The van der Waals surface area contributed by atoms with Crippen molar-refractivity contribution in [3.8, 4) is 0 Å². The van der Waals surface area contributed by atoms with Gasteiger partial charge in [0.2, 0.25) is 5.91 Å². The molecule has 1 amide bonds. The Balaban J connectivity index is 2.00. The van der Waals surface area contributed by atoms with Crippen molar-refractivity contribution >= 4 is 5.91 Å². The SMILES string of the molecule is C=CCNC(=O)C(C)NCCOC1CCCC1. The molecule has 0 aromatic heterocycles. The molecule has 4 nitrogen and oxygen atoms in total. The highest BCUT2D eigenvalue weighted by Gasteiger charge is 2.15. The number of hydrogen-bond donors (Lipinski definition) is 2. The standard InChI is InChI=1S/C13H24N2O2/c1-3-8-15-13(16)11(2)14-9-10-17-12-6-4-5-7-12/h3,11-12,14H,1,4-10H2,2H3,(H,15,16). The van der Waals surface area contributed by atoms with Gasteiger partial charge in [-0.15, -0.1) is 6.58 Å². The van der Waals surface area contributed by atoms with Crippen LogP contribution in [0.2, 0.25) is 0 Å². The highest BCUT2D eigenvalue weighted by molar-refractivity contribution is 5.81. The van der Waals surface area contributed by atoms with E-state index in [1.54, 1.807) is 6.08 Å². The lowest BCUT2D eigenvalue weighted by atomic mass is 10.3. The summed E-state index contributed by atoms with van der Waals surface area (Å²) in [6.45, 7) is 7.33. The fraction of sp³-hybridized carbons (Fsp3) is 0.769. The van der Waals surface area contributed by atoms with Crippen LogP contribution in [0.3, 0.4) is 0 Å². The number of carbonyl (C=O) groups is 1. The molecule has 1 rings (SSSR count). The van der Waals surface area contributed by atoms with Gasteiger partial charge in [0, 0.05) is 13.1 Å². The molecular weight excluding hydrogens is 216 g/mol. The van der Waals surface area contributed by atoms with E-state index in [4.69, 9.17) is 4.74 Å². The molecule has 0 heterocycles. The fourth-order valence-corrected chi connectivity index (χ4v) is 1.97. The number of rotatable bonds is 8. The summed E-state index contributed by atoms with van der Waals surface area (Å²) in [6, 6.07) is -0.179. The summed E-state index contributed by atoms with van der Waals surface area (Å²) in [5, 5.41) is 5.90. The van der Waals surface area contributed by atoms with Gasteiger partial charge in [0.15, 0.2) is 0 Å². The van der Waals surface area contributed by atoms with Gasteiger partial charge in [0.05, 0.1) is 18.8 Å². The summed E-state index contributed by atoms with van der Waals surface area (Å²) >= 11 is 0. The lowest BCUT2D eigenvalue weighted by molar-refractivity contribution is -0.122.